The second-order valence-corrected chi connectivity index (χ2v) is 10.4. The summed E-state index contributed by atoms with van der Waals surface area (Å²) in [5, 5.41) is 3.48. The van der Waals surface area contributed by atoms with Gasteiger partial charge in [-0.25, -0.2) is 0 Å². The maximum Gasteiger partial charge on any atom is 0.220 e. The number of rotatable bonds is 8. The van der Waals surface area contributed by atoms with Crippen LogP contribution in [0.4, 0.5) is 0 Å². The van der Waals surface area contributed by atoms with Crippen LogP contribution >= 0.6 is 0 Å². The van der Waals surface area contributed by atoms with Gasteiger partial charge in [-0.3, -0.25) is 4.79 Å². The molecule has 1 aromatic carbocycles. The monoisotopic (exact) mass is 411 g/mol. The van der Waals surface area contributed by atoms with E-state index in [2.05, 4.69) is 37.4 Å². The van der Waals surface area contributed by atoms with Crippen LogP contribution in [0.25, 0.3) is 0 Å². The molecule has 1 amide bonds. The van der Waals surface area contributed by atoms with Gasteiger partial charge in [-0.1, -0.05) is 45.6 Å². The van der Waals surface area contributed by atoms with Crippen LogP contribution in [0.2, 0.25) is 0 Å². The van der Waals surface area contributed by atoms with Crippen molar-refractivity contribution in [1.82, 2.24) is 5.32 Å². The Bertz CT molecular complexity index is 744. The maximum atomic E-state index is 12.6. The molecule has 3 aliphatic carbocycles. The topological polar surface area (TPSA) is 38.3 Å². The number of ether oxygens (including phenoxy) is 1. The number of hydrogen-bond donors (Lipinski definition) is 1. The van der Waals surface area contributed by atoms with Gasteiger partial charge in [0.2, 0.25) is 5.91 Å². The highest BCUT2D eigenvalue weighted by molar-refractivity contribution is 5.76. The van der Waals surface area contributed by atoms with Gasteiger partial charge in [-0.2, -0.15) is 0 Å². The first-order chi connectivity index (χ1) is 14.6. The molecule has 0 spiro atoms. The van der Waals surface area contributed by atoms with Crippen LogP contribution in [-0.2, 0) is 11.2 Å². The van der Waals surface area contributed by atoms with Crippen molar-refractivity contribution >= 4 is 5.91 Å². The molecule has 0 saturated heterocycles. The van der Waals surface area contributed by atoms with E-state index in [0.717, 1.165) is 24.0 Å². The summed E-state index contributed by atoms with van der Waals surface area (Å²) >= 11 is 0. The minimum Gasteiger partial charge on any atom is -0.497 e. The molecular weight excluding hydrogens is 370 g/mol. The minimum atomic E-state index is 0.281. The van der Waals surface area contributed by atoms with E-state index in [9.17, 15) is 4.79 Å². The summed E-state index contributed by atoms with van der Waals surface area (Å²) < 4.78 is 5.46. The Morgan fingerprint density at radius 3 is 2.77 bits per heavy atom. The number of carbonyl (C=O) groups is 1. The fourth-order valence-electron chi connectivity index (χ4n) is 7.08. The van der Waals surface area contributed by atoms with Gasteiger partial charge in [-0.15, -0.1) is 0 Å². The molecule has 0 bridgehead atoms. The Balaban J connectivity index is 1.38. The normalized spacial score (nSPS) is 32.1. The molecule has 0 heterocycles. The van der Waals surface area contributed by atoms with E-state index in [0.29, 0.717) is 24.3 Å². The first kappa shape index (κ1) is 21.7. The summed E-state index contributed by atoms with van der Waals surface area (Å²) in [6, 6.07) is 7.12. The van der Waals surface area contributed by atoms with Crippen LogP contribution in [0.15, 0.2) is 18.2 Å². The molecule has 3 heteroatoms. The second-order valence-electron chi connectivity index (χ2n) is 10.4. The minimum absolute atomic E-state index is 0.281. The predicted octanol–water partition coefficient (Wildman–Crippen LogP) is 6.40. The van der Waals surface area contributed by atoms with E-state index in [1.54, 1.807) is 12.7 Å². The average molecular weight is 412 g/mol. The molecule has 1 N–H and O–H groups in total. The molecule has 2 saturated carbocycles. The average Bonchev–Trinajstić information content (AvgIpc) is 3.09. The third-order valence-corrected chi connectivity index (χ3v) is 8.78. The molecule has 1 aromatic rings. The second kappa shape index (κ2) is 9.32. The van der Waals surface area contributed by atoms with Crippen molar-refractivity contribution in [2.45, 2.75) is 103 Å². The highest BCUT2D eigenvalue weighted by Crippen LogP contribution is 2.61. The smallest absolute Gasteiger partial charge is 0.220 e. The van der Waals surface area contributed by atoms with Gasteiger partial charge >= 0.3 is 0 Å². The van der Waals surface area contributed by atoms with Gasteiger partial charge in [0.15, 0.2) is 0 Å². The quantitative estimate of drug-likeness (QED) is 0.503. The first-order valence-corrected chi connectivity index (χ1v) is 12.5. The van der Waals surface area contributed by atoms with Crippen molar-refractivity contribution in [3.8, 4) is 5.75 Å². The zero-order valence-electron chi connectivity index (χ0n) is 19.3. The summed E-state index contributed by atoms with van der Waals surface area (Å²) in [7, 11) is 1.76. The molecule has 4 rings (SSSR count). The Hall–Kier alpha value is -1.51. The van der Waals surface area contributed by atoms with Crippen molar-refractivity contribution in [2.75, 3.05) is 7.11 Å². The van der Waals surface area contributed by atoms with E-state index >= 15 is 0 Å². The number of fused-ring (bicyclic) bond motifs is 5. The van der Waals surface area contributed by atoms with Crippen LogP contribution in [0.3, 0.4) is 0 Å². The summed E-state index contributed by atoms with van der Waals surface area (Å²) in [6.45, 7) is 4.72. The SMILES string of the molecule is CCCCCCCC(=O)NC1CC[C@H]2[C@@H]3CCc4cc(OC)ccc4[C@H]3CC[C@]12C. The van der Waals surface area contributed by atoms with Gasteiger partial charge < -0.3 is 10.1 Å². The summed E-state index contributed by atoms with van der Waals surface area (Å²) in [4.78, 5) is 12.6. The van der Waals surface area contributed by atoms with Crippen LogP contribution in [0.5, 0.6) is 5.75 Å². The van der Waals surface area contributed by atoms with Crippen molar-refractivity contribution in [2.24, 2.45) is 17.3 Å². The molecule has 0 aliphatic heterocycles. The van der Waals surface area contributed by atoms with E-state index in [1.807, 2.05) is 0 Å². The fourth-order valence-corrected chi connectivity index (χ4v) is 7.08. The van der Waals surface area contributed by atoms with Crippen molar-refractivity contribution < 1.29 is 9.53 Å². The Morgan fingerprint density at radius 1 is 1.13 bits per heavy atom. The number of methoxy groups -OCH3 is 1. The number of carbonyl (C=O) groups excluding carboxylic acids is 1. The molecule has 0 aromatic heterocycles. The maximum absolute atomic E-state index is 12.6. The number of amides is 1. The molecule has 3 aliphatic rings. The molecule has 166 valence electrons. The number of nitrogens with one attached hydrogen (secondary N) is 1. The third kappa shape index (κ3) is 4.14. The fraction of sp³-hybridized carbons (Fsp3) is 0.741. The van der Waals surface area contributed by atoms with E-state index in [1.165, 1.54) is 69.8 Å². The number of aryl methyl sites for hydroxylation is 1. The van der Waals surface area contributed by atoms with Crippen LogP contribution < -0.4 is 10.1 Å². The van der Waals surface area contributed by atoms with Gasteiger partial charge in [0.05, 0.1) is 7.11 Å². The van der Waals surface area contributed by atoms with Crippen LogP contribution in [-0.4, -0.2) is 19.1 Å². The highest BCUT2D eigenvalue weighted by atomic mass is 16.5. The van der Waals surface area contributed by atoms with E-state index in [-0.39, 0.29) is 5.41 Å². The lowest BCUT2D eigenvalue weighted by atomic mass is 9.55. The lowest BCUT2D eigenvalue weighted by Crippen LogP contribution is -2.50. The van der Waals surface area contributed by atoms with Crippen LogP contribution in [0.1, 0.15) is 102 Å². The van der Waals surface area contributed by atoms with Gasteiger partial charge in [0, 0.05) is 12.5 Å². The molecule has 3 nitrogen and oxygen atoms in total. The zero-order chi connectivity index (χ0) is 21.1. The van der Waals surface area contributed by atoms with Crippen molar-refractivity contribution in [1.29, 1.82) is 0 Å². The highest BCUT2D eigenvalue weighted by Gasteiger charge is 2.55. The molecule has 5 atom stereocenters. The van der Waals surface area contributed by atoms with E-state index < -0.39 is 0 Å². The number of hydrogen-bond acceptors (Lipinski definition) is 2. The third-order valence-electron chi connectivity index (χ3n) is 8.78. The van der Waals surface area contributed by atoms with Crippen molar-refractivity contribution in [3.05, 3.63) is 29.3 Å². The van der Waals surface area contributed by atoms with E-state index in [4.69, 9.17) is 4.74 Å². The first-order valence-electron chi connectivity index (χ1n) is 12.5. The molecule has 1 unspecified atom stereocenters. The molecule has 30 heavy (non-hydrogen) atoms. The molecule has 0 radical (unpaired) electrons. The number of unbranched alkanes of at least 4 members (excludes halogenated alkanes) is 4. The van der Waals surface area contributed by atoms with Gasteiger partial charge in [0.1, 0.15) is 5.75 Å². The summed E-state index contributed by atoms with van der Waals surface area (Å²) in [5.41, 5.74) is 3.36. The Kier molecular flexibility index (Phi) is 6.75. The van der Waals surface area contributed by atoms with Crippen LogP contribution in [0, 0.1) is 17.3 Å². The largest absolute Gasteiger partial charge is 0.497 e. The lowest BCUT2D eigenvalue weighted by molar-refractivity contribution is -0.123. The van der Waals surface area contributed by atoms with Crippen molar-refractivity contribution in [3.63, 3.8) is 0 Å². The molecule has 2 fully saturated rings. The zero-order valence-corrected chi connectivity index (χ0v) is 19.3. The summed E-state index contributed by atoms with van der Waals surface area (Å²) in [6.07, 6.45) is 14.2. The van der Waals surface area contributed by atoms with Gasteiger partial charge in [0.25, 0.3) is 0 Å². The molecular formula is C27H41NO2. The number of benzene rings is 1. The lowest BCUT2D eigenvalue weighted by Gasteiger charge is -2.51. The standard InChI is InChI=1S/C27H41NO2/c1-4-5-6-7-8-9-26(29)28-25-15-14-24-23-12-10-19-18-20(30-3)11-13-21(19)22(23)16-17-27(24,25)2/h11,13,18,22-25H,4-10,12,14-17H2,1-3H3,(H,28,29)/t22-,23-,24+,25?,27+/m1/s1. The van der Waals surface area contributed by atoms with Gasteiger partial charge in [-0.05, 0) is 91.4 Å². The Labute approximate surface area is 183 Å². The summed E-state index contributed by atoms with van der Waals surface area (Å²) in [5.74, 6) is 3.51. The predicted molar refractivity (Wildman–Crippen MR) is 123 cm³/mol. The Morgan fingerprint density at radius 2 is 1.97 bits per heavy atom.